The van der Waals surface area contributed by atoms with E-state index in [1.165, 1.54) is 13.0 Å². The maximum absolute atomic E-state index is 12.7. The van der Waals surface area contributed by atoms with Gasteiger partial charge in [-0.3, -0.25) is 0 Å². The maximum atomic E-state index is 12.7. The third kappa shape index (κ3) is 7.27. The summed E-state index contributed by atoms with van der Waals surface area (Å²) in [5.74, 6) is -0.863. The number of amides is 1. The molecule has 1 amide bonds. The number of carbonyl (C=O) groups excluding carboxylic acids is 2. The molecule has 0 spiro atoms. The fraction of sp³-hybridized carbons (Fsp3) is 0.167. The number of benzene rings is 3. The zero-order valence-electron chi connectivity index (χ0n) is 17.9. The molecule has 0 saturated carbocycles. The fourth-order valence-electron chi connectivity index (χ4n) is 3.03. The van der Waals surface area contributed by atoms with E-state index in [0.717, 1.165) is 23.3 Å². The van der Waals surface area contributed by atoms with Crippen molar-refractivity contribution in [3.05, 3.63) is 83.9 Å². The number of aromatic hydroxyl groups is 1. The van der Waals surface area contributed by atoms with Gasteiger partial charge in [0.05, 0.1) is 0 Å². The molecule has 3 N–H and O–H groups in total. The molecule has 33 heavy (non-hydrogen) atoms. The van der Waals surface area contributed by atoms with Crippen LogP contribution in [-0.2, 0) is 30.1 Å². The first kappa shape index (κ1) is 24.2. The van der Waals surface area contributed by atoms with Crippen LogP contribution in [0.15, 0.2) is 72.8 Å². The second-order valence-corrected chi connectivity index (χ2v) is 10.9. The molecule has 0 saturated heterocycles. The Kier molecular flexibility index (Phi) is 7.98. The Balaban J connectivity index is 1.55. The first-order valence-corrected chi connectivity index (χ1v) is 13.5. The van der Waals surface area contributed by atoms with Crippen LogP contribution in [0.3, 0.4) is 0 Å². The van der Waals surface area contributed by atoms with Crippen LogP contribution in [0.25, 0.3) is 0 Å². The number of aryl methyl sites for hydroxylation is 1. The van der Waals surface area contributed by atoms with Crippen LogP contribution in [0, 0.1) is 0 Å². The van der Waals surface area contributed by atoms with Crippen molar-refractivity contribution < 1.29 is 31.0 Å². The topological polar surface area (TPSA) is 122 Å². The molecule has 3 aromatic rings. The summed E-state index contributed by atoms with van der Waals surface area (Å²) < 4.78 is 33.5. The molecule has 0 heterocycles. The molecule has 0 aliphatic carbocycles. The number of phenolic OH excluding ortho intramolecular Hbond substituents is 1. The number of ether oxygens (including phenoxy) is 1. The molecule has 172 valence electrons. The van der Waals surface area contributed by atoms with Crippen LogP contribution < -0.4 is 14.4 Å². The Morgan fingerprint density at radius 1 is 0.970 bits per heavy atom. The number of nitrogens with one attached hydrogen (secondary N) is 1. The molecule has 0 fully saturated rings. The van der Waals surface area contributed by atoms with Gasteiger partial charge in [-0.15, -0.1) is 0 Å². The summed E-state index contributed by atoms with van der Waals surface area (Å²) in [5, 5.41) is 11.9. The van der Waals surface area contributed by atoms with Gasteiger partial charge in [-0.05, 0) is 0 Å². The van der Waals surface area contributed by atoms with Crippen molar-refractivity contribution in [3.8, 4) is 11.5 Å². The van der Waals surface area contributed by atoms with E-state index >= 15 is 0 Å². The molecule has 3 rings (SSSR count). The number of rotatable bonds is 9. The average molecular weight is 513 g/mol. The Labute approximate surface area is 194 Å². The summed E-state index contributed by atoms with van der Waals surface area (Å²) in [6.07, 6.45) is 0.200. The van der Waals surface area contributed by atoms with Gasteiger partial charge >= 0.3 is 176 Å². The molecule has 0 aromatic heterocycles. The number of hydrogen-bond acceptors (Lipinski definition) is 6. The third-order valence-corrected chi connectivity index (χ3v) is 7.65. The molecule has 0 aliphatic heterocycles. The van der Waals surface area contributed by atoms with Crippen molar-refractivity contribution in [3.63, 3.8) is 0 Å². The van der Waals surface area contributed by atoms with Gasteiger partial charge in [0, 0.05) is 0 Å². The van der Waals surface area contributed by atoms with Gasteiger partial charge in [0.2, 0.25) is 0 Å². The average Bonchev–Trinajstić information content (AvgIpc) is 2.77. The number of phenols is 1. The van der Waals surface area contributed by atoms with E-state index in [1.807, 2.05) is 42.5 Å². The quantitative estimate of drug-likeness (QED) is 0.376. The molecular formula is C24H24AsNO7. The molecule has 8 nitrogen and oxygen atoms in total. The van der Waals surface area contributed by atoms with E-state index in [1.54, 1.807) is 12.1 Å². The van der Waals surface area contributed by atoms with Crippen molar-refractivity contribution in [2.45, 2.75) is 26.4 Å². The van der Waals surface area contributed by atoms with Crippen LogP contribution in [0.5, 0.6) is 11.5 Å². The van der Waals surface area contributed by atoms with Gasteiger partial charge < -0.3 is 0 Å². The first-order chi connectivity index (χ1) is 15.7. The van der Waals surface area contributed by atoms with Gasteiger partial charge in [0.15, 0.2) is 0 Å². The minimum absolute atomic E-state index is 0.0774. The Bertz CT molecular complexity index is 1160. The van der Waals surface area contributed by atoms with Gasteiger partial charge in [-0.25, -0.2) is 0 Å². The number of anilines is 1. The van der Waals surface area contributed by atoms with Gasteiger partial charge in [-0.2, -0.15) is 0 Å². The number of hydrogen-bond donors (Lipinski definition) is 3. The number of carbonyl (C=O) groups is 2. The van der Waals surface area contributed by atoms with E-state index in [9.17, 15) is 22.5 Å². The summed E-state index contributed by atoms with van der Waals surface area (Å²) in [6.45, 7) is 1.66. The van der Waals surface area contributed by atoms with Crippen molar-refractivity contribution in [2.24, 2.45) is 0 Å². The van der Waals surface area contributed by atoms with Crippen LogP contribution in [-0.4, -0.2) is 35.3 Å². The monoisotopic (exact) mass is 513 g/mol. The molecular weight excluding hydrogens is 489 g/mol. The molecule has 3 aromatic carbocycles. The molecule has 0 bridgehead atoms. The fourth-order valence-corrected chi connectivity index (χ4v) is 5.45. The molecule has 1 atom stereocenters. The summed E-state index contributed by atoms with van der Waals surface area (Å²) in [4.78, 5) is 23.6. The molecule has 9 heteroatoms. The standard InChI is InChI=1S/C24H24AsNO7/c1-17(27)26-23-15-20(28)10-13-22(23)25(30,31)33-24(29)14-9-18-7-11-21(12-8-18)32-16-19-5-3-2-4-6-19/h2-8,10-13,15,28H,9,14,16H2,1H3,(H,26,27)(H,30,31). The Hall–Kier alpha value is -3.48. The van der Waals surface area contributed by atoms with Crippen LogP contribution in [0.1, 0.15) is 24.5 Å². The van der Waals surface area contributed by atoms with Crippen molar-refractivity contribution in [1.82, 2.24) is 0 Å². The zero-order valence-corrected chi connectivity index (χ0v) is 19.8. The molecule has 1 unspecified atom stereocenters. The van der Waals surface area contributed by atoms with Crippen molar-refractivity contribution in [1.29, 1.82) is 0 Å². The zero-order chi connectivity index (χ0) is 23.8. The first-order valence-electron chi connectivity index (χ1n) is 10.1. The predicted octanol–water partition coefficient (Wildman–Crippen LogP) is 2.67. The van der Waals surface area contributed by atoms with E-state index in [0.29, 0.717) is 18.8 Å². The van der Waals surface area contributed by atoms with Crippen molar-refractivity contribution in [2.75, 3.05) is 5.32 Å². The van der Waals surface area contributed by atoms with E-state index in [2.05, 4.69) is 5.32 Å². The Morgan fingerprint density at radius 3 is 2.33 bits per heavy atom. The third-order valence-electron chi connectivity index (χ3n) is 4.61. The molecule has 0 radical (unpaired) electrons. The van der Waals surface area contributed by atoms with E-state index < -0.39 is 26.0 Å². The van der Waals surface area contributed by atoms with Crippen LogP contribution >= 0.6 is 0 Å². The van der Waals surface area contributed by atoms with Crippen molar-refractivity contribution >= 4 is 36.1 Å². The van der Waals surface area contributed by atoms with Gasteiger partial charge in [0.25, 0.3) is 0 Å². The summed E-state index contributed by atoms with van der Waals surface area (Å²) >= 11 is -5.31. The second-order valence-electron chi connectivity index (χ2n) is 7.28. The summed E-state index contributed by atoms with van der Waals surface area (Å²) in [6, 6.07) is 20.4. The second kappa shape index (κ2) is 10.9. The Morgan fingerprint density at radius 2 is 1.67 bits per heavy atom. The van der Waals surface area contributed by atoms with Crippen LogP contribution in [0.4, 0.5) is 5.69 Å². The van der Waals surface area contributed by atoms with Gasteiger partial charge in [0.1, 0.15) is 0 Å². The summed E-state index contributed by atoms with van der Waals surface area (Å²) in [5.41, 5.74) is 1.81. The minimum atomic E-state index is -5.31. The normalized spacial score (nSPS) is 12.4. The SMILES string of the molecule is CC(=O)Nc1cc(O)ccc1[As](=O)(O)OC(=O)CCc1ccc(OCc2ccccc2)cc1. The summed E-state index contributed by atoms with van der Waals surface area (Å²) in [7, 11) is 0. The van der Waals surface area contributed by atoms with E-state index in [4.69, 9.17) is 8.46 Å². The van der Waals surface area contributed by atoms with Gasteiger partial charge in [-0.1, -0.05) is 18.2 Å². The molecule has 0 aliphatic rings. The predicted molar refractivity (Wildman–Crippen MR) is 122 cm³/mol. The van der Waals surface area contributed by atoms with Crippen LogP contribution in [0.2, 0.25) is 0 Å². The van der Waals surface area contributed by atoms with E-state index in [-0.39, 0.29) is 22.2 Å².